The molecule has 0 bridgehead atoms. The Bertz CT molecular complexity index is 1230. The van der Waals surface area contributed by atoms with Crippen molar-refractivity contribution in [2.45, 2.75) is 6.54 Å². The second-order valence-electron chi connectivity index (χ2n) is 7.30. The van der Waals surface area contributed by atoms with Gasteiger partial charge in [0.05, 0.1) is 24.5 Å². The highest BCUT2D eigenvalue weighted by atomic mass is 16.5. The number of hydrogen-bond donors (Lipinski definition) is 2. The first-order chi connectivity index (χ1) is 14.3. The third-order valence-electron chi connectivity index (χ3n) is 5.39. The number of hydrogen-bond acceptors (Lipinski definition) is 4. The molecule has 2 aromatic heterocycles. The number of H-pyrrole nitrogens is 2. The fraction of sp³-hybridized carbons (Fsp3) is 0.217. The van der Waals surface area contributed by atoms with Crippen molar-refractivity contribution in [3.05, 3.63) is 76.2 Å². The van der Waals surface area contributed by atoms with E-state index in [9.17, 15) is 4.79 Å². The first kappa shape index (κ1) is 17.8. The van der Waals surface area contributed by atoms with Crippen molar-refractivity contribution in [1.82, 2.24) is 14.9 Å². The van der Waals surface area contributed by atoms with Crippen LogP contribution in [0.25, 0.3) is 21.8 Å². The summed E-state index contributed by atoms with van der Waals surface area (Å²) in [5.74, 6) is 0. The zero-order chi connectivity index (χ0) is 19.6. The van der Waals surface area contributed by atoms with Crippen molar-refractivity contribution in [2.24, 2.45) is 4.99 Å². The summed E-state index contributed by atoms with van der Waals surface area (Å²) in [7, 11) is 0. The number of pyridine rings is 1. The van der Waals surface area contributed by atoms with Crippen LogP contribution in [0, 0.1) is 0 Å². The lowest BCUT2D eigenvalue weighted by Gasteiger charge is -2.26. The van der Waals surface area contributed by atoms with Gasteiger partial charge in [-0.05, 0) is 35.9 Å². The van der Waals surface area contributed by atoms with E-state index in [2.05, 4.69) is 32.0 Å². The van der Waals surface area contributed by atoms with E-state index in [1.807, 2.05) is 42.6 Å². The van der Waals surface area contributed by atoms with E-state index in [-0.39, 0.29) is 5.56 Å². The van der Waals surface area contributed by atoms with Crippen LogP contribution in [0.3, 0.4) is 0 Å². The van der Waals surface area contributed by atoms with Gasteiger partial charge in [0, 0.05) is 53.9 Å². The summed E-state index contributed by atoms with van der Waals surface area (Å²) in [5, 5.41) is 1.91. The third-order valence-corrected chi connectivity index (χ3v) is 5.39. The predicted octanol–water partition coefficient (Wildman–Crippen LogP) is 3.59. The molecular formula is C23H22N4O2. The monoisotopic (exact) mass is 386 g/mol. The van der Waals surface area contributed by atoms with Crippen LogP contribution in [0.1, 0.15) is 11.1 Å². The Kier molecular flexibility index (Phi) is 4.71. The Hall–Kier alpha value is -3.22. The van der Waals surface area contributed by atoms with Crippen LogP contribution in [0.5, 0.6) is 0 Å². The lowest BCUT2D eigenvalue weighted by Crippen LogP contribution is -2.35. The summed E-state index contributed by atoms with van der Waals surface area (Å²) in [6.07, 6.45) is 3.55. The van der Waals surface area contributed by atoms with E-state index < -0.39 is 0 Å². The van der Waals surface area contributed by atoms with Crippen LogP contribution in [-0.2, 0) is 11.3 Å². The van der Waals surface area contributed by atoms with Gasteiger partial charge < -0.3 is 14.7 Å². The normalized spacial score (nSPS) is 15.6. The van der Waals surface area contributed by atoms with E-state index in [0.29, 0.717) is 5.56 Å². The van der Waals surface area contributed by atoms with Crippen LogP contribution >= 0.6 is 0 Å². The number of nitrogens with zero attached hydrogens (tertiary/aromatic N) is 2. The predicted molar refractivity (Wildman–Crippen MR) is 116 cm³/mol. The molecule has 0 atom stereocenters. The molecule has 29 heavy (non-hydrogen) atoms. The zero-order valence-corrected chi connectivity index (χ0v) is 16.0. The van der Waals surface area contributed by atoms with E-state index in [1.165, 1.54) is 5.56 Å². The minimum atomic E-state index is -0.121. The number of aliphatic imine (C=N–C) groups is 1. The van der Waals surface area contributed by atoms with Crippen LogP contribution in [-0.4, -0.2) is 47.4 Å². The van der Waals surface area contributed by atoms with Crippen molar-refractivity contribution in [3.8, 4) is 0 Å². The average Bonchev–Trinajstić information content (AvgIpc) is 3.09. The van der Waals surface area contributed by atoms with Gasteiger partial charge in [-0.15, -0.1) is 0 Å². The Balaban J connectivity index is 1.42. The standard InChI is InChI=1S/C23H22N4O2/c28-23-19(22-18-2-1-9-24-20(18)7-8-21(22)26-23)14-25-17-5-3-16(4-6-17)15-27-10-12-29-13-11-27/h1-9,14,24H,10-13,15H2,(H,26,28). The molecule has 0 spiro atoms. The molecule has 0 unspecified atom stereocenters. The van der Waals surface area contributed by atoms with Crippen molar-refractivity contribution >= 4 is 33.7 Å². The summed E-state index contributed by atoms with van der Waals surface area (Å²) in [6.45, 7) is 4.47. The van der Waals surface area contributed by atoms with E-state index >= 15 is 0 Å². The van der Waals surface area contributed by atoms with Gasteiger partial charge in [-0.25, -0.2) is 0 Å². The maximum atomic E-state index is 12.5. The summed E-state index contributed by atoms with van der Waals surface area (Å²) in [4.78, 5) is 25.6. The average molecular weight is 386 g/mol. The molecule has 1 saturated heterocycles. The smallest absolute Gasteiger partial charge is 0.257 e. The number of rotatable bonds is 4. The van der Waals surface area contributed by atoms with Crippen LogP contribution < -0.4 is 5.56 Å². The number of fused-ring (bicyclic) bond motifs is 3. The minimum absolute atomic E-state index is 0.121. The first-order valence-electron chi connectivity index (χ1n) is 9.83. The van der Waals surface area contributed by atoms with Crippen molar-refractivity contribution in [1.29, 1.82) is 0 Å². The van der Waals surface area contributed by atoms with Gasteiger partial charge in [-0.2, -0.15) is 0 Å². The molecule has 0 amide bonds. The summed E-state index contributed by atoms with van der Waals surface area (Å²) < 4.78 is 5.40. The van der Waals surface area contributed by atoms with E-state index in [1.54, 1.807) is 6.21 Å². The molecule has 3 heterocycles. The maximum Gasteiger partial charge on any atom is 0.257 e. The van der Waals surface area contributed by atoms with Gasteiger partial charge in [0.1, 0.15) is 0 Å². The lowest BCUT2D eigenvalue weighted by atomic mass is 10.1. The molecule has 1 fully saturated rings. The first-order valence-corrected chi connectivity index (χ1v) is 9.83. The number of aromatic amines is 2. The fourth-order valence-electron chi connectivity index (χ4n) is 3.87. The maximum absolute atomic E-state index is 12.5. The number of morpholine rings is 1. The third kappa shape index (κ3) is 3.60. The van der Waals surface area contributed by atoms with E-state index in [0.717, 1.165) is 60.3 Å². The van der Waals surface area contributed by atoms with Gasteiger partial charge in [0.15, 0.2) is 0 Å². The lowest BCUT2D eigenvalue weighted by molar-refractivity contribution is 0.0342. The number of ether oxygens (including phenoxy) is 1. The number of nitrogens with one attached hydrogen (secondary N) is 2. The van der Waals surface area contributed by atoms with Gasteiger partial charge in [0.2, 0.25) is 0 Å². The van der Waals surface area contributed by atoms with Crippen molar-refractivity contribution in [3.63, 3.8) is 0 Å². The second kappa shape index (κ2) is 7.66. The van der Waals surface area contributed by atoms with E-state index in [4.69, 9.17) is 4.74 Å². The SMILES string of the molecule is O=c1[nH]c2ccc3[nH]cccc3c2c1C=Nc1ccc(CN2CCOCC2)cc1. The molecule has 1 aliphatic heterocycles. The largest absolute Gasteiger partial charge is 0.379 e. The molecule has 6 heteroatoms. The molecule has 6 nitrogen and oxygen atoms in total. The molecule has 4 aromatic rings. The second-order valence-corrected chi connectivity index (χ2v) is 7.30. The molecule has 0 aliphatic carbocycles. The highest BCUT2D eigenvalue weighted by molar-refractivity contribution is 6.13. The summed E-state index contributed by atoms with van der Waals surface area (Å²) >= 11 is 0. The van der Waals surface area contributed by atoms with Crippen molar-refractivity contribution in [2.75, 3.05) is 26.3 Å². The molecule has 5 rings (SSSR count). The highest BCUT2D eigenvalue weighted by Gasteiger charge is 2.12. The Labute approximate surface area is 167 Å². The highest BCUT2D eigenvalue weighted by Crippen LogP contribution is 2.24. The number of benzene rings is 2. The van der Waals surface area contributed by atoms with Gasteiger partial charge >= 0.3 is 0 Å². The van der Waals surface area contributed by atoms with Crippen LogP contribution in [0.2, 0.25) is 0 Å². The summed E-state index contributed by atoms with van der Waals surface area (Å²) in [5.41, 5.74) is 4.36. The Morgan fingerprint density at radius 3 is 2.66 bits per heavy atom. The quantitative estimate of drug-likeness (QED) is 0.527. The van der Waals surface area contributed by atoms with Crippen LogP contribution in [0.4, 0.5) is 5.69 Å². The Morgan fingerprint density at radius 1 is 1.03 bits per heavy atom. The van der Waals surface area contributed by atoms with Gasteiger partial charge in [0.25, 0.3) is 5.56 Å². The molecule has 146 valence electrons. The molecule has 0 saturated carbocycles. The summed E-state index contributed by atoms with van der Waals surface area (Å²) in [6, 6.07) is 16.0. The molecule has 0 radical (unpaired) electrons. The minimum Gasteiger partial charge on any atom is -0.379 e. The molecule has 1 aliphatic rings. The Morgan fingerprint density at radius 2 is 1.83 bits per heavy atom. The van der Waals surface area contributed by atoms with Crippen molar-refractivity contribution < 1.29 is 4.74 Å². The zero-order valence-electron chi connectivity index (χ0n) is 16.0. The molecular weight excluding hydrogens is 364 g/mol. The molecule has 2 N–H and O–H groups in total. The topological polar surface area (TPSA) is 73.5 Å². The van der Waals surface area contributed by atoms with Gasteiger partial charge in [-0.3, -0.25) is 14.7 Å². The van der Waals surface area contributed by atoms with Crippen LogP contribution in [0.15, 0.2) is 64.5 Å². The molecule has 2 aromatic carbocycles. The van der Waals surface area contributed by atoms with Gasteiger partial charge in [-0.1, -0.05) is 18.2 Å². The fourth-order valence-corrected chi connectivity index (χ4v) is 3.87. The number of aromatic nitrogens is 2.